The highest BCUT2D eigenvalue weighted by Gasteiger charge is 2.50. The van der Waals surface area contributed by atoms with Crippen molar-refractivity contribution in [3.05, 3.63) is 88.4 Å². The van der Waals surface area contributed by atoms with Crippen LogP contribution in [0.15, 0.2) is 72.5 Å². The average molecular weight is 435 g/mol. The number of phenols is 1. The summed E-state index contributed by atoms with van der Waals surface area (Å²) in [7, 11) is 0. The molecule has 32 heavy (non-hydrogen) atoms. The lowest BCUT2D eigenvalue weighted by atomic mass is 9.90. The van der Waals surface area contributed by atoms with Crippen molar-refractivity contribution < 1.29 is 24.3 Å². The predicted molar refractivity (Wildman–Crippen MR) is 118 cm³/mol. The molecule has 0 fully saturated rings. The SMILES string of the molecule is NC1=CC=CC(C(=O)O)([N+](=O)[O-])C1.Oc1ccc2ccc3c4cc(F)ccc4[nH]c3c2c1. The summed E-state index contributed by atoms with van der Waals surface area (Å²) in [6.07, 6.45) is 3.48. The molecule has 0 amide bonds. The van der Waals surface area contributed by atoms with E-state index in [9.17, 15) is 24.4 Å². The van der Waals surface area contributed by atoms with Crippen LogP contribution in [0.2, 0.25) is 0 Å². The van der Waals surface area contributed by atoms with Crippen molar-refractivity contribution >= 4 is 38.5 Å². The lowest BCUT2D eigenvalue weighted by Gasteiger charge is -2.19. The molecule has 1 atom stereocenters. The molecule has 4 aromatic rings. The molecule has 0 spiro atoms. The van der Waals surface area contributed by atoms with Crippen LogP contribution in [0.4, 0.5) is 4.39 Å². The second-order valence-electron chi connectivity index (χ2n) is 7.47. The number of H-pyrrole nitrogens is 1. The molecule has 162 valence electrons. The molecule has 1 aliphatic carbocycles. The number of nitro groups is 1. The zero-order valence-corrected chi connectivity index (χ0v) is 16.6. The number of carboxylic acid groups (broad SMARTS) is 1. The lowest BCUT2D eigenvalue weighted by Crippen LogP contribution is -2.46. The average Bonchev–Trinajstić information content (AvgIpc) is 3.12. The molecule has 1 heterocycles. The highest BCUT2D eigenvalue weighted by atomic mass is 19.1. The van der Waals surface area contributed by atoms with Gasteiger partial charge in [0.2, 0.25) is 0 Å². The molecule has 8 nitrogen and oxygen atoms in total. The number of allylic oxidation sites excluding steroid dienone is 2. The van der Waals surface area contributed by atoms with Gasteiger partial charge in [0.1, 0.15) is 11.6 Å². The molecule has 0 saturated heterocycles. The van der Waals surface area contributed by atoms with Crippen molar-refractivity contribution in [1.29, 1.82) is 0 Å². The largest absolute Gasteiger partial charge is 0.508 e. The number of nitrogens with two attached hydrogens (primary N) is 1. The van der Waals surface area contributed by atoms with E-state index in [0.717, 1.165) is 38.7 Å². The number of aromatic nitrogens is 1. The third-order valence-corrected chi connectivity index (χ3v) is 5.39. The minimum Gasteiger partial charge on any atom is -0.508 e. The quantitative estimate of drug-likeness (QED) is 0.274. The number of hydrogen-bond acceptors (Lipinski definition) is 5. The number of carbonyl (C=O) groups is 1. The van der Waals surface area contributed by atoms with Crippen molar-refractivity contribution in [1.82, 2.24) is 4.98 Å². The first-order chi connectivity index (χ1) is 15.2. The van der Waals surface area contributed by atoms with Gasteiger partial charge in [-0.15, -0.1) is 0 Å². The maximum Gasteiger partial charge on any atom is 0.387 e. The summed E-state index contributed by atoms with van der Waals surface area (Å²) in [6.45, 7) is 0. The topological polar surface area (TPSA) is 142 Å². The van der Waals surface area contributed by atoms with E-state index in [-0.39, 0.29) is 23.7 Å². The normalized spacial score (nSPS) is 17.7. The Balaban J connectivity index is 0.000000166. The maximum absolute atomic E-state index is 13.4. The maximum atomic E-state index is 13.4. The molecule has 1 aliphatic rings. The number of fused-ring (bicyclic) bond motifs is 5. The number of hydrogen-bond donors (Lipinski definition) is 4. The van der Waals surface area contributed by atoms with E-state index in [0.29, 0.717) is 0 Å². The number of aromatic hydroxyl groups is 1. The minimum absolute atomic E-state index is 0.196. The van der Waals surface area contributed by atoms with Gasteiger partial charge in [-0.2, -0.15) is 0 Å². The highest BCUT2D eigenvalue weighted by molar-refractivity contribution is 6.17. The van der Waals surface area contributed by atoms with Gasteiger partial charge in [0.25, 0.3) is 0 Å². The van der Waals surface area contributed by atoms with Gasteiger partial charge in [-0.25, -0.2) is 9.18 Å². The fourth-order valence-electron chi connectivity index (χ4n) is 3.76. The van der Waals surface area contributed by atoms with E-state index in [1.54, 1.807) is 18.2 Å². The standard InChI is InChI=1S/C16H10FNO.C7H8N2O4/c17-10-3-6-15-14(7-10)12-5-2-9-1-4-11(19)8-13(9)16(12)18-15;8-5-2-1-3-7(4-5,6(10)11)9(12)13/h1-8,18-19H;1-3H,4,8H2,(H,10,11). The molecule has 0 radical (unpaired) electrons. The second-order valence-corrected chi connectivity index (χ2v) is 7.47. The zero-order chi connectivity index (χ0) is 23.0. The zero-order valence-electron chi connectivity index (χ0n) is 16.6. The molecule has 9 heteroatoms. The predicted octanol–water partition coefficient (Wildman–Crippen LogP) is 4.21. The van der Waals surface area contributed by atoms with Gasteiger partial charge in [-0.05, 0) is 41.8 Å². The highest BCUT2D eigenvalue weighted by Crippen LogP contribution is 2.33. The number of aliphatic carboxylic acids is 1. The van der Waals surface area contributed by atoms with Crippen LogP contribution in [0.25, 0.3) is 32.6 Å². The second kappa shape index (κ2) is 7.69. The first-order valence-electron chi connectivity index (χ1n) is 9.56. The summed E-state index contributed by atoms with van der Waals surface area (Å²) < 4.78 is 13.4. The third-order valence-electron chi connectivity index (χ3n) is 5.39. The molecule has 1 aromatic heterocycles. The van der Waals surface area contributed by atoms with Gasteiger partial charge in [-0.1, -0.05) is 24.3 Å². The van der Waals surface area contributed by atoms with Crippen LogP contribution in [-0.2, 0) is 4.79 Å². The molecular weight excluding hydrogens is 417 g/mol. The Morgan fingerprint density at radius 3 is 2.53 bits per heavy atom. The monoisotopic (exact) mass is 435 g/mol. The summed E-state index contributed by atoms with van der Waals surface area (Å²) in [6, 6.07) is 13.9. The van der Waals surface area contributed by atoms with Crippen LogP contribution in [0.3, 0.4) is 0 Å². The fourth-order valence-corrected chi connectivity index (χ4v) is 3.76. The van der Waals surface area contributed by atoms with Crippen molar-refractivity contribution in [2.24, 2.45) is 5.73 Å². The van der Waals surface area contributed by atoms with Crippen LogP contribution in [-0.4, -0.2) is 31.6 Å². The number of rotatable bonds is 2. The van der Waals surface area contributed by atoms with Crippen molar-refractivity contribution in [2.45, 2.75) is 12.0 Å². The van der Waals surface area contributed by atoms with Gasteiger partial charge < -0.3 is 20.9 Å². The molecule has 5 rings (SSSR count). The number of phenolic OH excluding ortho intramolecular Hbond substituents is 1. The Hall–Kier alpha value is -4.40. The minimum atomic E-state index is -2.08. The molecule has 5 N–H and O–H groups in total. The lowest BCUT2D eigenvalue weighted by molar-refractivity contribution is -0.540. The third kappa shape index (κ3) is 3.49. The van der Waals surface area contributed by atoms with Crippen molar-refractivity contribution in [3.8, 4) is 5.75 Å². The van der Waals surface area contributed by atoms with E-state index < -0.39 is 16.4 Å². The molecule has 1 unspecified atom stereocenters. The Morgan fingerprint density at radius 2 is 1.88 bits per heavy atom. The van der Waals surface area contributed by atoms with E-state index in [4.69, 9.17) is 10.8 Å². The van der Waals surface area contributed by atoms with Gasteiger partial charge in [-0.3, -0.25) is 10.1 Å². The molecule has 0 aliphatic heterocycles. The van der Waals surface area contributed by atoms with Crippen LogP contribution in [0.5, 0.6) is 5.75 Å². The number of nitrogens with zero attached hydrogens (tertiary/aromatic N) is 1. The Bertz CT molecular complexity index is 1440. The Kier molecular flexibility index (Phi) is 5.01. The first kappa shape index (κ1) is 20.9. The molecule has 0 saturated carbocycles. The van der Waals surface area contributed by atoms with Crippen LogP contribution in [0.1, 0.15) is 6.42 Å². The summed E-state index contributed by atoms with van der Waals surface area (Å²) in [4.78, 5) is 23.7. The van der Waals surface area contributed by atoms with Crippen LogP contribution >= 0.6 is 0 Å². The van der Waals surface area contributed by atoms with Gasteiger partial charge >= 0.3 is 11.5 Å². The van der Waals surface area contributed by atoms with Crippen molar-refractivity contribution in [2.75, 3.05) is 0 Å². The molecule has 3 aromatic carbocycles. The summed E-state index contributed by atoms with van der Waals surface area (Å²) in [5, 5.41) is 32.7. The number of benzene rings is 3. The fraction of sp³-hybridized carbons (Fsp3) is 0.0870. The Labute approximate surface area is 180 Å². The Morgan fingerprint density at radius 1 is 1.12 bits per heavy atom. The molecule has 0 bridgehead atoms. The number of halogens is 1. The van der Waals surface area contributed by atoms with Gasteiger partial charge in [0.15, 0.2) is 0 Å². The van der Waals surface area contributed by atoms with Crippen molar-refractivity contribution in [3.63, 3.8) is 0 Å². The number of aromatic amines is 1. The summed E-state index contributed by atoms with van der Waals surface area (Å²) in [5.41, 5.74) is 5.26. The van der Waals surface area contributed by atoms with Gasteiger partial charge in [0.05, 0.1) is 11.9 Å². The van der Waals surface area contributed by atoms with Crippen LogP contribution in [0, 0.1) is 15.9 Å². The van der Waals surface area contributed by atoms with Crippen LogP contribution < -0.4 is 5.73 Å². The summed E-state index contributed by atoms with van der Waals surface area (Å²) >= 11 is 0. The van der Waals surface area contributed by atoms with E-state index >= 15 is 0 Å². The number of carboxylic acids is 1. The number of nitrogens with one attached hydrogen (secondary N) is 1. The smallest absolute Gasteiger partial charge is 0.387 e. The van der Waals surface area contributed by atoms with E-state index in [2.05, 4.69) is 4.98 Å². The van der Waals surface area contributed by atoms with E-state index in [1.165, 1.54) is 24.3 Å². The molecular formula is C23H18FN3O5. The summed E-state index contributed by atoms with van der Waals surface area (Å²) in [5.74, 6) is -1.51. The van der Waals surface area contributed by atoms with E-state index in [1.807, 2.05) is 18.2 Å². The van der Waals surface area contributed by atoms with Gasteiger partial charge in [0, 0.05) is 38.4 Å². The first-order valence-corrected chi connectivity index (χ1v) is 9.56.